The smallest absolute Gasteiger partial charge is 0.226 e. The van der Waals surface area contributed by atoms with Gasteiger partial charge in [0.15, 0.2) is 0 Å². The van der Waals surface area contributed by atoms with Crippen LogP contribution in [0.4, 0.5) is 5.82 Å². The summed E-state index contributed by atoms with van der Waals surface area (Å²) in [4.78, 5) is 34.9. The Hall–Kier alpha value is -3.13. The van der Waals surface area contributed by atoms with Crippen LogP contribution in [0.25, 0.3) is 0 Å². The summed E-state index contributed by atoms with van der Waals surface area (Å²) in [6.07, 6.45) is 6.50. The molecule has 0 unspecified atom stereocenters. The lowest BCUT2D eigenvalue weighted by Crippen LogP contribution is -2.53. The molecule has 1 N–H and O–H groups in total. The van der Waals surface area contributed by atoms with Gasteiger partial charge >= 0.3 is 0 Å². The third-order valence-corrected chi connectivity index (χ3v) is 7.41. The second-order valence-corrected chi connectivity index (χ2v) is 10.1. The first kappa shape index (κ1) is 23.0. The summed E-state index contributed by atoms with van der Waals surface area (Å²) >= 11 is 0. The number of carbonyl (C=O) groups is 2. The number of piperazine rings is 1. The van der Waals surface area contributed by atoms with E-state index >= 15 is 0 Å². The number of anilines is 1. The fourth-order valence-corrected chi connectivity index (χ4v) is 4.86. The van der Waals surface area contributed by atoms with E-state index in [-0.39, 0.29) is 23.7 Å². The van der Waals surface area contributed by atoms with Crippen molar-refractivity contribution in [3.05, 3.63) is 23.9 Å². The summed E-state index contributed by atoms with van der Waals surface area (Å²) in [6, 6.07) is 8.39. The molecule has 3 aliphatic rings. The van der Waals surface area contributed by atoms with Crippen molar-refractivity contribution in [1.82, 2.24) is 15.2 Å². The molecular formula is C25H32N6O2. The molecule has 3 fully saturated rings. The number of pyridine rings is 1. The normalized spacial score (nSPS) is 24.4. The van der Waals surface area contributed by atoms with E-state index in [4.69, 9.17) is 0 Å². The van der Waals surface area contributed by atoms with Gasteiger partial charge in [-0.2, -0.15) is 10.5 Å². The van der Waals surface area contributed by atoms with E-state index < -0.39 is 11.0 Å². The van der Waals surface area contributed by atoms with Crippen molar-refractivity contribution in [2.45, 2.75) is 63.3 Å². The van der Waals surface area contributed by atoms with Crippen LogP contribution >= 0.6 is 0 Å². The number of hydrogen-bond donors (Lipinski definition) is 1. The Labute approximate surface area is 195 Å². The van der Waals surface area contributed by atoms with Crippen LogP contribution in [0.3, 0.4) is 0 Å². The summed E-state index contributed by atoms with van der Waals surface area (Å²) < 4.78 is 0. The van der Waals surface area contributed by atoms with Crippen LogP contribution in [0.1, 0.15) is 57.9 Å². The fourth-order valence-electron chi connectivity index (χ4n) is 4.86. The zero-order valence-electron chi connectivity index (χ0n) is 19.5. The first-order valence-corrected chi connectivity index (χ1v) is 11.9. The highest BCUT2D eigenvalue weighted by Gasteiger charge is 2.47. The zero-order valence-corrected chi connectivity index (χ0v) is 19.5. The molecule has 2 atom stereocenters. The van der Waals surface area contributed by atoms with E-state index in [1.54, 1.807) is 6.20 Å². The number of rotatable bonds is 5. The van der Waals surface area contributed by atoms with Crippen LogP contribution in [-0.4, -0.2) is 53.4 Å². The summed E-state index contributed by atoms with van der Waals surface area (Å²) in [5.41, 5.74) is -0.390. The number of hydrogen-bond acceptors (Lipinski definition) is 6. The van der Waals surface area contributed by atoms with Crippen LogP contribution in [0.2, 0.25) is 0 Å². The first-order valence-electron chi connectivity index (χ1n) is 11.9. The van der Waals surface area contributed by atoms with Gasteiger partial charge in [0.2, 0.25) is 11.8 Å². The Bertz CT molecular complexity index is 978. The standard InChI is InChI=1S/C25H32N6O2/c1-24(2,16-26)18-7-8-21(28-15-18)30-11-13-31(14-12-30)23(33)20-6-4-3-5-19(20)22(32)29-25(17-27)9-10-25/h7-8,15,19-20H,3-6,9-14H2,1-2H3,(H,29,32)/t19-,20-/m1/s1. The Balaban J connectivity index is 1.36. The number of nitriles is 2. The van der Waals surface area contributed by atoms with Gasteiger partial charge in [0, 0.05) is 44.2 Å². The molecule has 2 amide bonds. The van der Waals surface area contributed by atoms with Crippen molar-refractivity contribution in [2.75, 3.05) is 31.1 Å². The van der Waals surface area contributed by atoms with E-state index in [2.05, 4.69) is 27.3 Å². The van der Waals surface area contributed by atoms with Gasteiger partial charge in [-0.3, -0.25) is 9.59 Å². The lowest BCUT2D eigenvalue weighted by Gasteiger charge is -2.39. The molecule has 8 heteroatoms. The van der Waals surface area contributed by atoms with Crippen LogP contribution in [0.5, 0.6) is 0 Å². The lowest BCUT2D eigenvalue weighted by molar-refractivity contribution is -0.144. The first-order chi connectivity index (χ1) is 15.8. The van der Waals surface area contributed by atoms with Crippen LogP contribution in [0.15, 0.2) is 18.3 Å². The number of carbonyl (C=O) groups excluding carboxylic acids is 2. The van der Waals surface area contributed by atoms with Crippen molar-refractivity contribution >= 4 is 17.6 Å². The van der Waals surface area contributed by atoms with Crippen LogP contribution < -0.4 is 10.2 Å². The van der Waals surface area contributed by atoms with E-state index in [0.717, 1.165) is 30.6 Å². The SMILES string of the molecule is CC(C)(C#N)c1ccc(N2CCN(C(=O)[C@@H]3CCCC[C@H]3C(=O)NC3(C#N)CC3)CC2)nc1. The van der Waals surface area contributed by atoms with E-state index in [1.165, 1.54) is 0 Å². The summed E-state index contributed by atoms with van der Waals surface area (Å²) in [5.74, 6) is 0.143. The maximum atomic E-state index is 13.4. The average Bonchev–Trinajstić information content (AvgIpc) is 3.63. The Kier molecular flexibility index (Phi) is 6.30. The second-order valence-electron chi connectivity index (χ2n) is 10.1. The largest absolute Gasteiger partial charge is 0.353 e. The molecule has 1 aliphatic heterocycles. The second kappa shape index (κ2) is 9.02. The van der Waals surface area contributed by atoms with Crippen molar-refractivity contribution in [3.8, 4) is 12.1 Å². The Morgan fingerprint density at radius 1 is 1.09 bits per heavy atom. The molecule has 1 aromatic rings. The third-order valence-electron chi connectivity index (χ3n) is 7.41. The lowest BCUT2D eigenvalue weighted by atomic mass is 9.77. The molecule has 4 rings (SSSR count). The third kappa shape index (κ3) is 4.80. The number of amides is 2. The summed E-state index contributed by atoms with van der Waals surface area (Å²) in [5, 5.41) is 21.5. The minimum Gasteiger partial charge on any atom is -0.353 e. The molecule has 1 saturated heterocycles. The highest BCUT2D eigenvalue weighted by Crippen LogP contribution is 2.37. The van der Waals surface area contributed by atoms with Gasteiger partial charge in [0.25, 0.3) is 0 Å². The van der Waals surface area contributed by atoms with Gasteiger partial charge < -0.3 is 15.1 Å². The average molecular weight is 449 g/mol. The van der Waals surface area contributed by atoms with Crippen molar-refractivity contribution in [3.63, 3.8) is 0 Å². The van der Waals surface area contributed by atoms with Gasteiger partial charge in [-0.05, 0) is 51.2 Å². The minimum absolute atomic E-state index is 0.0652. The van der Waals surface area contributed by atoms with Gasteiger partial charge in [-0.15, -0.1) is 0 Å². The predicted octanol–water partition coefficient (Wildman–Crippen LogP) is 2.51. The number of nitrogens with zero attached hydrogens (tertiary/aromatic N) is 5. The van der Waals surface area contributed by atoms with Gasteiger partial charge in [-0.1, -0.05) is 18.9 Å². The maximum absolute atomic E-state index is 13.4. The number of aromatic nitrogens is 1. The topological polar surface area (TPSA) is 113 Å². The summed E-state index contributed by atoms with van der Waals surface area (Å²) in [6.45, 7) is 6.30. The van der Waals surface area contributed by atoms with Crippen LogP contribution in [-0.2, 0) is 15.0 Å². The molecule has 0 radical (unpaired) electrons. The van der Waals surface area contributed by atoms with Crippen molar-refractivity contribution in [2.24, 2.45) is 11.8 Å². The Morgan fingerprint density at radius 2 is 1.76 bits per heavy atom. The van der Waals surface area contributed by atoms with Gasteiger partial charge in [0.05, 0.1) is 17.6 Å². The summed E-state index contributed by atoms with van der Waals surface area (Å²) in [7, 11) is 0. The molecular weight excluding hydrogens is 416 g/mol. The fraction of sp³-hybridized carbons (Fsp3) is 0.640. The molecule has 2 aliphatic carbocycles. The van der Waals surface area contributed by atoms with E-state index in [9.17, 15) is 20.1 Å². The highest BCUT2D eigenvalue weighted by molar-refractivity contribution is 5.88. The van der Waals surface area contributed by atoms with Crippen molar-refractivity contribution in [1.29, 1.82) is 10.5 Å². The quantitative estimate of drug-likeness (QED) is 0.740. The molecule has 8 nitrogen and oxygen atoms in total. The van der Waals surface area contributed by atoms with E-state index in [0.29, 0.717) is 45.4 Å². The molecule has 0 spiro atoms. The van der Waals surface area contributed by atoms with E-state index in [1.807, 2.05) is 30.9 Å². The van der Waals surface area contributed by atoms with Gasteiger partial charge in [0.1, 0.15) is 11.4 Å². The minimum atomic E-state index is -0.696. The molecule has 0 aromatic carbocycles. The Morgan fingerprint density at radius 3 is 2.30 bits per heavy atom. The molecule has 2 heterocycles. The molecule has 2 saturated carbocycles. The van der Waals surface area contributed by atoms with Gasteiger partial charge in [-0.25, -0.2) is 4.98 Å². The molecule has 33 heavy (non-hydrogen) atoms. The monoisotopic (exact) mass is 448 g/mol. The molecule has 1 aromatic heterocycles. The highest BCUT2D eigenvalue weighted by atomic mass is 16.2. The molecule has 174 valence electrons. The van der Waals surface area contributed by atoms with Crippen molar-refractivity contribution < 1.29 is 9.59 Å². The van der Waals surface area contributed by atoms with Crippen LogP contribution in [0, 0.1) is 34.5 Å². The predicted molar refractivity (Wildman–Crippen MR) is 123 cm³/mol. The maximum Gasteiger partial charge on any atom is 0.226 e. The zero-order chi connectivity index (χ0) is 23.6. The number of nitrogens with one attached hydrogen (secondary N) is 1. The molecule has 0 bridgehead atoms.